The molecular weight excluding hydrogens is 432 g/mol. The van der Waals surface area contributed by atoms with Gasteiger partial charge in [-0.25, -0.2) is 9.97 Å². The third-order valence-corrected chi connectivity index (χ3v) is 6.45. The summed E-state index contributed by atoms with van der Waals surface area (Å²) < 4.78 is 3.19. The summed E-state index contributed by atoms with van der Waals surface area (Å²) in [6.07, 6.45) is 8.67. The van der Waals surface area contributed by atoms with Crippen molar-refractivity contribution >= 4 is 22.4 Å². The Morgan fingerprint density at radius 2 is 1.91 bits per heavy atom. The number of aromatic nitrogens is 6. The molecule has 0 atom stereocenters. The van der Waals surface area contributed by atoms with Gasteiger partial charge in [-0.05, 0) is 54.3 Å². The number of aryl methyl sites for hydroxylation is 1. The lowest BCUT2D eigenvalue weighted by Gasteiger charge is -2.11. The highest BCUT2D eigenvalue weighted by Crippen LogP contribution is 2.36. The molecule has 0 unspecified atom stereocenters. The maximum Gasteiger partial charge on any atom is 0.186 e. The molecule has 0 saturated carbocycles. The number of pyridine rings is 1. The summed E-state index contributed by atoms with van der Waals surface area (Å²) in [6, 6.07) is 16.1. The zero-order valence-corrected chi connectivity index (χ0v) is 18.4. The number of fused-ring (bicyclic) bond motifs is 1. The van der Waals surface area contributed by atoms with E-state index in [0.717, 1.165) is 37.5 Å². The second-order valence-corrected chi connectivity index (χ2v) is 8.56. The van der Waals surface area contributed by atoms with Gasteiger partial charge in [-0.2, -0.15) is 4.73 Å². The van der Waals surface area contributed by atoms with Crippen LogP contribution in [0.4, 0.5) is 0 Å². The Kier molecular flexibility index (Phi) is 4.51. The minimum Gasteiger partial charge on any atom is -0.426 e. The summed E-state index contributed by atoms with van der Waals surface area (Å²) in [5, 5.41) is 14.1. The van der Waals surface area contributed by atoms with Gasteiger partial charge in [-0.15, -0.1) is 11.3 Å². The minimum absolute atomic E-state index is 0.475. The van der Waals surface area contributed by atoms with Crippen molar-refractivity contribution in [1.29, 1.82) is 0 Å². The molecule has 0 bridgehead atoms. The Labute approximate surface area is 193 Å². The first-order valence-corrected chi connectivity index (χ1v) is 11.2. The fourth-order valence-corrected chi connectivity index (χ4v) is 4.76. The third kappa shape index (κ3) is 3.19. The van der Waals surface area contributed by atoms with Crippen molar-refractivity contribution in [2.75, 3.05) is 0 Å². The third-order valence-electron chi connectivity index (χ3n) is 5.58. The molecule has 0 radical (unpaired) electrons. The number of imidazole rings is 1. The van der Waals surface area contributed by atoms with Gasteiger partial charge in [0.05, 0.1) is 11.1 Å². The number of hydrogen-bond donors (Lipinski definition) is 1. The van der Waals surface area contributed by atoms with Crippen LogP contribution >= 0.6 is 11.3 Å². The Morgan fingerprint density at radius 1 is 0.970 bits per heavy atom. The molecule has 0 aliphatic heterocycles. The van der Waals surface area contributed by atoms with Crippen molar-refractivity contribution in [3.8, 4) is 39.0 Å². The van der Waals surface area contributed by atoms with Crippen LogP contribution in [0, 0.1) is 6.92 Å². The zero-order valence-electron chi connectivity index (χ0n) is 17.6. The molecule has 8 heteroatoms. The molecule has 0 aliphatic carbocycles. The molecule has 5 aromatic heterocycles. The van der Waals surface area contributed by atoms with E-state index in [1.54, 1.807) is 24.8 Å². The van der Waals surface area contributed by atoms with Gasteiger partial charge in [0.2, 0.25) is 0 Å². The molecule has 6 aromatic rings. The maximum atomic E-state index is 11.1. The van der Waals surface area contributed by atoms with Gasteiger partial charge in [0.15, 0.2) is 5.82 Å². The largest absolute Gasteiger partial charge is 0.426 e. The van der Waals surface area contributed by atoms with Crippen LogP contribution in [0.1, 0.15) is 5.56 Å². The standard InChI is InChI=1S/C25H18N6OS/c1-16-14-18(6-7-20(16)30-12-8-17-4-2-9-28-24(17)30)22-23(19-15-26-10-11-27-19)31(32)25(29-22)21-5-3-13-33-21/h2-15,32H,1H3. The molecule has 0 aliphatic rings. The minimum atomic E-state index is 0.475. The van der Waals surface area contributed by atoms with E-state index in [1.165, 1.54) is 11.3 Å². The van der Waals surface area contributed by atoms with Crippen LogP contribution < -0.4 is 0 Å². The van der Waals surface area contributed by atoms with Gasteiger partial charge in [-0.3, -0.25) is 9.97 Å². The molecule has 0 amide bonds. The molecule has 7 nitrogen and oxygen atoms in total. The predicted molar refractivity (Wildman–Crippen MR) is 129 cm³/mol. The summed E-state index contributed by atoms with van der Waals surface area (Å²) in [7, 11) is 0. The topological polar surface area (TPSA) is 81.6 Å². The SMILES string of the molecule is Cc1cc(-c2nc(-c3cccs3)n(O)c2-c2cnccn2)ccc1-n1ccc2cccnc21. The van der Waals surface area contributed by atoms with Crippen molar-refractivity contribution < 1.29 is 5.21 Å². The van der Waals surface area contributed by atoms with Gasteiger partial charge < -0.3 is 9.77 Å². The zero-order chi connectivity index (χ0) is 22.4. The molecule has 0 saturated heterocycles. The van der Waals surface area contributed by atoms with Crippen molar-refractivity contribution in [2.45, 2.75) is 6.92 Å². The second-order valence-electron chi connectivity index (χ2n) is 7.62. The molecule has 0 fully saturated rings. The first-order chi connectivity index (χ1) is 16.2. The van der Waals surface area contributed by atoms with E-state index in [4.69, 9.17) is 4.98 Å². The highest BCUT2D eigenvalue weighted by molar-refractivity contribution is 7.13. The van der Waals surface area contributed by atoms with Crippen LogP contribution in [0.25, 0.3) is 50.1 Å². The van der Waals surface area contributed by atoms with Crippen LogP contribution in [-0.2, 0) is 0 Å². The van der Waals surface area contributed by atoms with Gasteiger partial charge in [0, 0.05) is 41.4 Å². The van der Waals surface area contributed by atoms with Crippen molar-refractivity contribution in [2.24, 2.45) is 0 Å². The number of rotatable bonds is 4. The molecule has 6 rings (SSSR count). The monoisotopic (exact) mass is 450 g/mol. The Balaban J connectivity index is 1.52. The van der Waals surface area contributed by atoms with E-state index < -0.39 is 0 Å². The Bertz CT molecular complexity index is 1580. The number of nitrogens with zero attached hydrogens (tertiary/aromatic N) is 6. The molecule has 0 spiro atoms. The van der Waals surface area contributed by atoms with Crippen LogP contribution in [0.2, 0.25) is 0 Å². The first kappa shape index (κ1) is 19.4. The molecular formula is C25H18N6OS. The van der Waals surface area contributed by atoms with Gasteiger partial charge in [-0.1, -0.05) is 12.1 Å². The van der Waals surface area contributed by atoms with E-state index in [2.05, 4.69) is 50.7 Å². The van der Waals surface area contributed by atoms with Crippen molar-refractivity contribution in [3.63, 3.8) is 0 Å². The van der Waals surface area contributed by atoms with E-state index >= 15 is 0 Å². The molecule has 5 heterocycles. The number of benzene rings is 1. The lowest BCUT2D eigenvalue weighted by Crippen LogP contribution is -1.99. The summed E-state index contributed by atoms with van der Waals surface area (Å²) in [4.78, 5) is 18.8. The summed E-state index contributed by atoms with van der Waals surface area (Å²) in [5.74, 6) is 0.475. The smallest absolute Gasteiger partial charge is 0.186 e. The number of thiophene rings is 1. The first-order valence-electron chi connectivity index (χ1n) is 10.4. The highest BCUT2D eigenvalue weighted by Gasteiger charge is 2.23. The second kappa shape index (κ2) is 7.68. The fourth-order valence-electron chi connectivity index (χ4n) is 4.06. The number of hydrogen-bond acceptors (Lipinski definition) is 6. The molecule has 1 aromatic carbocycles. The summed E-state index contributed by atoms with van der Waals surface area (Å²) >= 11 is 1.52. The fraction of sp³-hybridized carbons (Fsp3) is 0.0400. The average molecular weight is 451 g/mol. The Hall–Kier alpha value is -4.30. The van der Waals surface area contributed by atoms with E-state index in [9.17, 15) is 5.21 Å². The van der Waals surface area contributed by atoms with Gasteiger partial charge in [0.25, 0.3) is 0 Å². The molecule has 160 valence electrons. The van der Waals surface area contributed by atoms with E-state index in [1.807, 2.05) is 35.8 Å². The van der Waals surface area contributed by atoms with Crippen LogP contribution in [0.3, 0.4) is 0 Å². The van der Waals surface area contributed by atoms with Crippen LogP contribution in [0.15, 0.2) is 84.9 Å². The predicted octanol–water partition coefficient (Wildman–Crippen LogP) is 5.62. The van der Waals surface area contributed by atoms with Crippen molar-refractivity contribution in [1.82, 2.24) is 29.2 Å². The lowest BCUT2D eigenvalue weighted by atomic mass is 10.0. The van der Waals surface area contributed by atoms with Crippen LogP contribution in [-0.4, -0.2) is 34.4 Å². The van der Waals surface area contributed by atoms with Crippen LogP contribution in [0.5, 0.6) is 0 Å². The Morgan fingerprint density at radius 3 is 2.70 bits per heavy atom. The molecule has 1 N–H and O–H groups in total. The quantitative estimate of drug-likeness (QED) is 0.353. The summed E-state index contributed by atoms with van der Waals surface area (Å²) in [5.41, 5.74) is 5.59. The highest BCUT2D eigenvalue weighted by atomic mass is 32.1. The molecule has 33 heavy (non-hydrogen) atoms. The lowest BCUT2D eigenvalue weighted by molar-refractivity contribution is 0.195. The normalized spacial score (nSPS) is 11.3. The van der Waals surface area contributed by atoms with Gasteiger partial charge >= 0.3 is 0 Å². The van der Waals surface area contributed by atoms with E-state index in [-0.39, 0.29) is 0 Å². The van der Waals surface area contributed by atoms with Gasteiger partial charge in [0.1, 0.15) is 22.7 Å². The maximum absolute atomic E-state index is 11.1. The van der Waals surface area contributed by atoms with Crippen molar-refractivity contribution in [3.05, 3.63) is 90.5 Å². The van der Waals surface area contributed by atoms with E-state index in [0.29, 0.717) is 22.9 Å². The average Bonchev–Trinajstić information content (AvgIpc) is 3.58. The summed E-state index contributed by atoms with van der Waals surface area (Å²) in [6.45, 7) is 2.06.